The molecule has 0 saturated carbocycles. The first kappa shape index (κ1) is 16.5. The molecule has 2 atom stereocenters. The van der Waals surface area contributed by atoms with Gasteiger partial charge in [0.2, 0.25) is 0 Å². The van der Waals surface area contributed by atoms with Gasteiger partial charge < -0.3 is 9.84 Å². The molecule has 0 aliphatic carbocycles. The molecule has 1 aromatic heterocycles. The SMILES string of the molecule is CC(C)c1cccc(O[C@@H]2CCN(Cc3cccs3)C[C@H]2O)c1. The second-order valence-corrected chi connectivity index (χ2v) is 7.59. The van der Waals surface area contributed by atoms with E-state index in [2.05, 4.69) is 48.4 Å². The topological polar surface area (TPSA) is 32.7 Å². The number of aliphatic hydroxyl groups excluding tert-OH is 1. The van der Waals surface area contributed by atoms with Gasteiger partial charge in [-0.3, -0.25) is 4.90 Å². The van der Waals surface area contributed by atoms with Crippen LogP contribution in [0.5, 0.6) is 5.75 Å². The lowest BCUT2D eigenvalue weighted by Gasteiger charge is -2.35. The predicted octanol–water partition coefficient (Wildman–Crippen LogP) is 3.89. The minimum atomic E-state index is -0.439. The van der Waals surface area contributed by atoms with E-state index in [-0.39, 0.29) is 6.10 Å². The number of thiophene rings is 1. The number of β-amino-alcohol motifs (C(OH)–C–C–N with tert-alkyl or cyclic N) is 1. The summed E-state index contributed by atoms with van der Waals surface area (Å²) < 4.78 is 6.07. The molecule has 1 aliphatic rings. The average Bonchev–Trinajstić information content (AvgIpc) is 3.03. The third-order valence-corrected chi connectivity index (χ3v) is 5.24. The molecule has 1 N–H and O–H groups in total. The van der Waals surface area contributed by atoms with Crippen LogP contribution in [0.15, 0.2) is 41.8 Å². The Kier molecular flexibility index (Phi) is 5.36. The molecular weight excluding hydrogens is 306 g/mol. The van der Waals surface area contributed by atoms with E-state index in [0.717, 1.165) is 25.3 Å². The number of nitrogens with zero attached hydrogens (tertiary/aromatic N) is 1. The zero-order valence-electron chi connectivity index (χ0n) is 13.8. The molecule has 3 nitrogen and oxygen atoms in total. The maximum absolute atomic E-state index is 10.4. The predicted molar refractivity (Wildman–Crippen MR) is 95.2 cm³/mol. The summed E-state index contributed by atoms with van der Waals surface area (Å²) in [5.41, 5.74) is 1.27. The van der Waals surface area contributed by atoms with Crippen LogP contribution in [0.4, 0.5) is 0 Å². The lowest BCUT2D eigenvalue weighted by Crippen LogP contribution is -2.48. The van der Waals surface area contributed by atoms with Gasteiger partial charge in [0.05, 0.1) is 0 Å². The van der Waals surface area contributed by atoms with Crippen molar-refractivity contribution in [1.82, 2.24) is 4.90 Å². The lowest BCUT2D eigenvalue weighted by atomic mass is 10.0. The molecule has 124 valence electrons. The summed E-state index contributed by atoms with van der Waals surface area (Å²) >= 11 is 1.77. The second kappa shape index (κ2) is 7.47. The monoisotopic (exact) mass is 331 g/mol. The first-order valence-corrected chi connectivity index (χ1v) is 9.19. The Balaban J connectivity index is 1.57. The number of aliphatic hydroxyl groups is 1. The Morgan fingerprint density at radius 3 is 2.87 bits per heavy atom. The average molecular weight is 331 g/mol. The van der Waals surface area contributed by atoms with E-state index >= 15 is 0 Å². The minimum Gasteiger partial charge on any atom is -0.488 e. The Hall–Kier alpha value is -1.36. The number of piperidine rings is 1. The maximum Gasteiger partial charge on any atom is 0.127 e. The Morgan fingerprint density at radius 2 is 2.17 bits per heavy atom. The fourth-order valence-corrected chi connectivity index (χ4v) is 3.75. The van der Waals surface area contributed by atoms with Crippen LogP contribution in [0.1, 0.15) is 36.6 Å². The van der Waals surface area contributed by atoms with Crippen molar-refractivity contribution < 1.29 is 9.84 Å². The molecule has 1 saturated heterocycles. The molecule has 0 spiro atoms. The van der Waals surface area contributed by atoms with Crippen molar-refractivity contribution in [3.05, 3.63) is 52.2 Å². The van der Waals surface area contributed by atoms with Gasteiger partial charge in [0.15, 0.2) is 0 Å². The summed E-state index contributed by atoms with van der Waals surface area (Å²) in [7, 11) is 0. The summed E-state index contributed by atoms with van der Waals surface area (Å²) in [4.78, 5) is 3.65. The van der Waals surface area contributed by atoms with Crippen LogP contribution in [0.25, 0.3) is 0 Å². The number of likely N-dealkylation sites (tertiary alicyclic amines) is 1. The van der Waals surface area contributed by atoms with Crippen LogP contribution >= 0.6 is 11.3 Å². The van der Waals surface area contributed by atoms with Crippen molar-refractivity contribution in [2.75, 3.05) is 13.1 Å². The van der Waals surface area contributed by atoms with Crippen LogP contribution in [0, 0.1) is 0 Å². The van der Waals surface area contributed by atoms with Crippen molar-refractivity contribution in [1.29, 1.82) is 0 Å². The van der Waals surface area contributed by atoms with Gasteiger partial charge in [-0.25, -0.2) is 0 Å². The van der Waals surface area contributed by atoms with E-state index in [0.29, 0.717) is 12.5 Å². The summed E-state index contributed by atoms with van der Waals surface area (Å²) in [6.07, 6.45) is 0.307. The van der Waals surface area contributed by atoms with Gasteiger partial charge in [-0.2, -0.15) is 0 Å². The lowest BCUT2D eigenvalue weighted by molar-refractivity contribution is -0.0272. The summed E-state index contributed by atoms with van der Waals surface area (Å²) in [5, 5.41) is 12.5. The molecule has 0 amide bonds. The largest absolute Gasteiger partial charge is 0.488 e. The highest BCUT2D eigenvalue weighted by Crippen LogP contribution is 2.24. The molecule has 4 heteroatoms. The molecule has 0 unspecified atom stereocenters. The third kappa shape index (κ3) is 4.34. The zero-order chi connectivity index (χ0) is 16.2. The van der Waals surface area contributed by atoms with E-state index in [1.807, 2.05) is 12.1 Å². The molecule has 1 aliphatic heterocycles. The van der Waals surface area contributed by atoms with Gasteiger partial charge in [0, 0.05) is 24.5 Å². The smallest absolute Gasteiger partial charge is 0.127 e. The van der Waals surface area contributed by atoms with Crippen LogP contribution in [-0.4, -0.2) is 35.3 Å². The Labute approximate surface area is 142 Å². The molecule has 1 aromatic carbocycles. The molecule has 3 rings (SSSR count). The summed E-state index contributed by atoms with van der Waals surface area (Å²) in [6, 6.07) is 12.5. The molecule has 1 fully saturated rings. The number of hydrogen-bond acceptors (Lipinski definition) is 4. The molecule has 0 radical (unpaired) electrons. The highest BCUT2D eigenvalue weighted by molar-refractivity contribution is 7.09. The van der Waals surface area contributed by atoms with Gasteiger partial charge in [-0.1, -0.05) is 32.0 Å². The van der Waals surface area contributed by atoms with Crippen LogP contribution in [-0.2, 0) is 6.54 Å². The summed E-state index contributed by atoms with van der Waals surface area (Å²) in [6.45, 7) is 6.91. The van der Waals surface area contributed by atoms with Crippen LogP contribution in [0.3, 0.4) is 0 Å². The van der Waals surface area contributed by atoms with Crippen LogP contribution in [0.2, 0.25) is 0 Å². The van der Waals surface area contributed by atoms with E-state index < -0.39 is 6.10 Å². The van der Waals surface area contributed by atoms with Gasteiger partial charge in [0.1, 0.15) is 18.0 Å². The van der Waals surface area contributed by atoms with E-state index in [1.165, 1.54) is 10.4 Å². The molecule has 23 heavy (non-hydrogen) atoms. The first-order chi connectivity index (χ1) is 11.1. The number of ether oxygens (including phenoxy) is 1. The number of hydrogen-bond donors (Lipinski definition) is 1. The van der Waals surface area contributed by atoms with Crippen LogP contribution < -0.4 is 4.74 Å². The van der Waals surface area contributed by atoms with Crippen molar-refractivity contribution >= 4 is 11.3 Å². The highest BCUT2D eigenvalue weighted by atomic mass is 32.1. The van der Waals surface area contributed by atoms with Gasteiger partial charge in [-0.05, 0) is 41.5 Å². The molecule has 2 aromatic rings. The van der Waals surface area contributed by atoms with Crippen molar-refractivity contribution in [3.8, 4) is 5.75 Å². The van der Waals surface area contributed by atoms with E-state index in [9.17, 15) is 5.11 Å². The quantitative estimate of drug-likeness (QED) is 0.902. The van der Waals surface area contributed by atoms with E-state index in [1.54, 1.807) is 11.3 Å². The normalized spacial score (nSPS) is 22.4. The Bertz CT molecular complexity index is 612. The molecular formula is C19H25NO2S. The standard InChI is InChI=1S/C19H25NO2S/c1-14(2)15-5-3-6-16(11-15)22-19-8-9-20(13-18(19)21)12-17-7-4-10-23-17/h3-7,10-11,14,18-19,21H,8-9,12-13H2,1-2H3/t18-,19-/m1/s1. The van der Waals surface area contributed by atoms with Gasteiger partial charge >= 0.3 is 0 Å². The Morgan fingerprint density at radius 1 is 1.30 bits per heavy atom. The van der Waals surface area contributed by atoms with Gasteiger partial charge in [-0.15, -0.1) is 11.3 Å². The number of benzene rings is 1. The van der Waals surface area contributed by atoms with Crippen molar-refractivity contribution in [2.24, 2.45) is 0 Å². The molecule has 0 bridgehead atoms. The number of rotatable bonds is 5. The zero-order valence-corrected chi connectivity index (χ0v) is 14.6. The fourth-order valence-electron chi connectivity index (χ4n) is 3.00. The second-order valence-electron chi connectivity index (χ2n) is 6.55. The van der Waals surface area contributed by atoms with E-state index in [4.69, 9.17) is 4.74 Å². The highest BCUT2D eigenvalue weighted by Gasteiger charge is 2.29. The van der Waals surface area contributed by atoms with Crippen molar-refractivity contribution in [3.63, 3.8) is 0 Å². The minimum absolute atomic E-state index is 0.114. The third-order valence-electron chi connectivity index (χ3n) is 4.38. The first-order valence-electron chi connectivity index (χ1n) is 8.31. The van der Waals surface area contributed by atoms with Gasteiger partial charge in [0.25, 0.3) is 0 Å². The molecule has 2 heterocycles. The summed E-state index contributed by atoms with van der Waals surface area (Å²) in [5.74, 6) is 1.35. The maximum atomic E-state index is 10.4. The fraction of sp³-hybridized carbons (Fsp3) is 0.474. The van der Waals surface area contributed by atoms with Crippen molar-refractivity contribution in [2.45, 2.75) is 44.9 Å².